The molecule has 0 fully saturated rings. The van der Waals surface area contributed by atoms with Crippen molar-refractivity contribution in [3.63, 3.8) is 0 Å². The monoisotopic (exact) mass is 255 g/mol. The lowest BCUT2D eigenvalue weighted by Gasteiger charge is -2.17. The van der Waals surface area contributed by atoms with Crippen LogP contribution in [0.5, 0.6) is 0 Å². The number of benzene rings is 1. The Morgan fingerprint density at radius 3 is 2.61 bits per heavy atom. The molecule has 0 aliphatic heterocycles. The second-order valence-corrected chi connectivity index (χ2v) is 3.04. The zero-order valence-electron chi connectivity index (χ0n) is 18.0. The fraction of sp³-hybridized carbons (Fsp3) is 0.308. The summed E-state index contributed by atoms with van der Waals surface area (Å²) in [6, 6.07) is 9.28. The first-order chi connectivity index (χ1) is 12.2. The second-order valence-electron chi connectivity index (χ2n) is 3.04. The number of carbonyl (C=O) groups excluding carboxylic acids is 1. The molecule has 0 aliphatic carbocycles. The number of nitrogens with zero attached hydrogens (tertiary/aromatic N) is 2. The summed E-state index contributed by atoms with van der Waals surface area (Å²) in [5.41, 5.74) is -4.02. The molecule has 0 saturated heterocycles. The van der Waals surface area contributed by atoms with Crippen LogP contribution in [0.1, 0.15) is 38.5 Å². The predicted octanol–water partition coefficient (Wildman–Crippen LogP) is 2.87. The molecule has 0 radical (unpaired) electrons. The van der Waals surface area contributed by atoms with Gasteiger partial charge in [0.1, 0.15) is 11.7 Å². The molecule has 0 bridgehead atoms. The lowest BCUT2D eigenvalue weighted by Crippen LogP contribution is -2.23. The Morgan fingerprint density at radius 1 is 1.39 bits per heavy atom. The van der Waals surface area contributed by atoms with E-state index in [4.69, 9.17) is 17.6 Å². The van der Waals surface area contributed by atoms with Crippen molar-refractivity contribution < 1.29 is 26.7 Å². The molecule has 1 aromatic rings. The van der Waals surface area contributed by atoms with Gasteiger partial charge >= 0.3 is 6.16 Å². The van der Waals surface area contributed by atoms with Gasteiger partial charge in [-0.15, -0.1) is 0 Å². The van der Waals surface area contributed by atoms with Gasteiger partial charge in [0, 0.05) is 17.9 Å². The zero-order chi connectivity index (χ0) is 21.1. The molecule has 18 heavy (non-hydrogen) atoms. The van der Waals surface area contributed by atoms with Crippen molar-refractivity contribution in [1.29, 1.82) is 5.26 Å². The third kappa shape index (κ3) is 4.66. The number of hydrogen-bond acceptors (Lipinski definition) is 5. The van der Waals surface area contributed by atoms with Gasteiger partial charge in [0.15, 0.2) is 5.71 Å². The molecular weight excluding hydrogens is 232 g/mol. The van der Waals surface area contributed by atoms with Gasteiger partial charge in [-0.2, -0.15) is 5.26 Å². The summed E-state index contributed by atoms with van der Waals surface area (Å²) in [7, 11) is 0. The molecule has 0 amide bonds. The van der Waals surface area contributed by atoms with Crippen LogP contribution in [0.4, 0.5) is 4.79 Å². The van der Waals surface area contributed by atoms with Gasteiger partial charge in [0.2, 0.25) is 0 Å². The molecule has 0 atom stereocenters. The quantitative estimate of drug-likeness (QED) is 0.352. The molecule has 94 valence electrons. The highest BCUT2D eigenvalue weighted by Gasteiger charge is 2.18. The number of oxime groups is 1. The van der Waals surface area contributed by atoms with Gasteiger partial charge in [-0.3, -0.25) is 4.84 Å². The van der Waals surface area contributed by atoms with E-state index in [0.717, 1.165) is 0 Å². The molecule has 0 N–H and O–H groups in total. The van der Waals surface area contributed by atoms with Crippen molar-refractivity contribution in [2.45, 2.75) is 26.2 Å². The molecular formula is C13H14N2O3. The minimum atomic E-state index is -3.85. The topological polar surface area (TPSA) is 71.7 Å². The van der Waals surface area contributed by atoms with E-state index in [1.807, 2.05) is 0 Å². The first-order valence-electron chi connectivity index (χ1n) is 9.11. The van der Waals surface area contributed by atoms with E-state index >= 15 is 0 Å². The highest BCUT2D eigenvalue weighted by atomic mass is 16.8. The maximum absolute atomic E-state index is 11.8. The average molecular weight is 255 g/mol. The fourth-order valence-electron chi connectivity index (χ4n) is 0.960. The minimum absolute atomic E-state index is 0.238. The van der Waals surface area contributed by atoms with Gasteiger partial charge in [0.25, 0.3) is 0 Å². The van der Waals surface area contributed by atoms with Gasteiger partial charge in [0.05, 0.1) is 0 Å². The summed E-state index contributed by atoms with van der Waals surface area (Å²) >= 11 is 0. The fourth-order valence-corrected chi connectivity index (χ4v) is 0.960. The van der Waals surface area contributed by atoms with Crippen LogP contribution >= 0.6 is 0 Å². The molecule has 0 heterocycles. The van der Waals surface area contributed by atoms with Crippen molar-refractivity contribution >= 4 is 11.9 Å². The predicted molar refractivity (Wildman–Crippen MR) is 65.9 cm³/mol. The normalized spacial score (nSPS) is 21.1. The summed E-state index contributed by atoms with van der Waals surface area (Å²) in [4.78, 5) is 16.1. The Bertz CT molecular complexity index is 709. The minimum Gasteiger partial charge on any atom is -0.427 e. The van der Waals surface area contributed by atoms with E-state index in [2.05, 4.69) is 14.7 Å². The van der Waals surface area contributed by atoms with Crippen molar-refractivity contribution in [1.82, 2.24) is 0 Å². The second kappa shape index (κ2) is 5.82. The maximum atomic E-state index is 11.8. The zero-order valence-corrected chi connectivity index (χ0v) is 9.01. The molecule has 0 unspecified atom stereocenters. The summed E-state index contributed by atoms with van der Waals surface area (Å²) in [6.07, 6.45) is -2.00. The van der Waals surface area contributed by atoms with Gasteiger partial charge in [-0.1, -0.05) is 35.5 Å². The highest BCUT2D eigenvalue weighted by Crippen LogP contribution is 2.08. The van der Waals surface area contributed by atoms with Crippen molar-refractivity contribution in [3.8, 4) is 6.07 Å². The van der Waals surface area contributed by atoms with Crippen molar-refractivity contribution in [3.05, 3.63) is 35.9 Å². The van der Waals surface area contributed by atoms with Crippen LogP contribution < -0.4 is 0 Å². The SMILES string of the molecule is [2H]C([2H])([2H])C(OC(=O)O/N=C(\C#N)c1ccccc1)(C([2H])([2H])[2H])C([2H])([2H])[2H]. The van der Waals surface area contributed by atoms with Gasteiger partial charge in [-0.25, -0.2) is 4.79 Å². The van der Waals surface area contributed by atoms with Crippen LogP contribution in [0.25, 0.3) is 0 Å². The van der Waals surface area contributed by atoms with Crippen LogP contribution in [-0.4, -0.2) is 17.5 Å². The van der Waals surface area contributed by atoms with Gasteiger partial charge < -0.3 is 4.74 Å². The molecule has 0 saturated carbocycles. The van der Waals surface area contributed by atoms with E-state index < -0.39 is 38.0 Å². The van der Waals surface area contributed by atoms with E-state index in [-0.39, 0.29) is 5.56 Å². The Balaban J connectivity index is 3.22. The molecule has 0 spiro atoms. The molecule has 1 aromatic carbocycles. The van der Waals surface area contributed by atoms with E-state index in [1.54, 1.807) is 24.3 Å². The first kappa shape index (κ1) is 5.53. The lowest BCUT2D eigenvalue weighted by atomic mass is 10.1. The van der Waals surface area contributed by atoms with Crippen LogP contribution in [0.3, 0.4) is 0 Å². The van der Waals surface area contributed by atoms with Crippen molar-refractivity contribution in [2.75, 3.05) is 0 Å². The molecule has 5 nitrogen and oxygen atoms in total. The summed E-state index contributed by atoms with van der Waals surface area (Å²) in [6.45, 7) is -11.2. The van der Waals surface area contributed by atoms with Crippen molar-refractivity contribution in [2.24, 2.45) is 5.16 Å². The van der Waals surface area contributed by atoms with Crippen LogP contribution in [-0.2, 0) is 9.57 Å². The number of hydrogen-bond donors (Lipinski definition) is 0. The third-order valence-electron chi connectivity index (χ3n) is 1.60. The summed E-state index contributed by atoms with van der Waals surface area (Å²) in [5, 5.41) is 12.2. The molecule has 5 heteroatoms. The van der Waals surface area contributed by atoms with Crippen LogP contribution in [0.2, 0.25) is 0 Å². The molecule has 0 aliphatic rings. The van der Waals surface area contributed by atoms with E-state index in [9.17, 15) is 4.79 Å². The molecule has 0 aromatic heterocycles. The Morgan fingerprint density at radius 2 is 2.06 bits per heavy atom. The summed E-state index contributed by atoms with van der Waals surface area (Å²) in [5.74, 6) is 0. The van der Waals surface area contributed by atoms with Crippen LogP contribution in [0.15, 0.2) is 35.5 Å². The molecule has 1 rings (SSSR count). The smallest absolute Gasteiger partial charge is 0.427 e. The standard InChI is InChI=1S/C13H14N2O3/c1-13(2,3)17-12(16)18-15-11(9-14)10-7-5-4-6-8-10/h4-8H,1-3H3/b15-11+/i1D3,2D3,3D3. The highest BCUT2D eigenvalue weighted by molar-refractivity contribution is 6.11. The average Bonchev–Trinajstić information content (AvgIpc) is 2.50. The number of carbonyl (C=O) groups is 1. The van der Waals surface area contributed by atoms with E-state index in [0.29, 0.717) is 0 Å². The Hall–Kier alpha value is -2.35. The summed E-state index contributed by atoms with van der Waals surface area (Å²) < 4.78 is 70.2. The number of ether oxygens (including phenoxy) is 1. The Kier molecular flexibility index (Phi) is 1.79. The van der Waals surface area contributed by atoms with Crippen LogP contribution in [0, 0.1) is 11.3 Å². The Labute approximate surface area is 118 Å². The van der Waals surface area contributed by atoms with Gasteiger partial charge in [-0.05, 0) is 20.6 Å². The maximum Gasteiger partial charge on any atom is 0.535 e. The number of rotatable bonds is 2. The van der Waals surface area contributed by atoms with E-state index in [1.165, 1.54) is 12.1 Å². The largest absolute Gasteiger partial charge is 0.535 e. The lowest BCUT2D eigenvalue weighted by molar-refractivity contribution is -0.00609. The number of nitriles is 1. The third-order valence-corrected chi connectivity index (χ3v) is 1.60. The first-order valence-corrected chi connectivity index (χ1v) is 4.61.